The highest BCUT2D eigenvalue weighted by atomic mass is 32.2. The molecule has 0 radical (unpaired) electrons. The SMILES string of the molecule is Nc1nc(Nc2ccc(S(N)(=O)=O)cc2)sc1-c1nc(-c2ccc(F)cc2F)cs1. The minimum Gasteiger partial charge on any atom is -0.382 e. The maximum Gasteiger partial charge on any atom is 0.238 e. The summed E-state index contributed by atoms with van der Waals surface area (Å²) in [7, 11) is -3.77. The third kappa shape index (κ3) is 4.16. The van der Waals surface area contributed by atoms with Gasteiger partial charge >= 0.3 is 0 Å². The minimum absolute atomic E-state index is 0.00395. The monoisotopic (exact) mass is 465 g/mol. The standard InChI is InChI=1S/C18H13F2N5O2S3/c19-9-1-6-12(13(20)7-9)14-8-28-17(24-14)15-16(21)25-18(29-15)23-10-2-4-11(5-3-10)30(22,26)27/h1-8H,21H2,(H,23,25)(H2,22,26,27). The van der Waals surface area contributed by atoms with Crippen LogP contribution < -0.4 is 16.2 Å². The van der Waals surface area contributed by atoms with Gasteiger partial charge in [0.25, 0.3) is 0 Å². The van der Waals surface area contributed by atoms with Gasteiger partial charge in [0.05, 0.1) is 10.6 Å². The fourth-order valence-corrected chi connectivity index (χ4v) is 4.93. The van der Waals surface area contributed by atoms with Crippen molar-refractivity contribution in [1.82, 2.24) is 9.97 Å². The van der Waals surface area contributed by atoms with E-state index in [0.29, 0.717) is 26.4 Å². The predicted octanol–water partition coefficient (Wildman–Crippen LogP) is 4.19. The van der Waals surface area contributed by atoms with Crippen LogP contribution in [0.4, 0.5) is 25.4 Å². The average molecular weight is 466 g/mol. The number of thiazole rings is 2. The van der Waals surface area contributed by atoms with Gasteiger partial charge in [0.2, 0.25) is 10.0 Å². The summed E-state index contributed by atoms with van der Waals surface area (Å²) in [5, 5.41) is 10.8. The quantitative estimate of drug-likeness (QED) is 0.406. The number of anilines is 3. The first-order valence-corrected chi connectivity index (χ1v) is 11.5. The Kier molecular flexibility index (Phi) is 5.24. The zero-order valence-electron chi connectivity index (χ0n) is 15.0. The summed E-state index contributed by atoms with van der Waals surface area (Å²) < 4.78 is 49.8. The van der Waals surface area contributed by atoms with Gasteiger partial charge in [-0.25, -0.2) is 32.3 Å². The van der Waals surface area contributed by atoms with Crippen molar-refractivity contribution in [3.8, 4) is 21.1 Å². The number of nitrogen functional groups attached to an aromatic ring is 1. The third-order valence-electron chi connectivity index (χ3n) is 3.99. The molecule has 0 spiro atoms. The number of aromatic nitrogens is 2. The lowest BCUT2D eigenvalue weighted by molar-refractivity contribution is 0.585. The molecule has 0 atom stereocenters. The molecule has 12 heteroatoms. The first-order valence-electron chi connectivity index (χ1n) is 8.28. The van der Waals surface area contributed by atoms with Crippen molar-refractivity contribution in [3.05, 3.63) is 59.5 Å². The molecule has 0 fully saturated rings. The number of nitrogens with zero attached hydrogens (tertiary/aromatic N) is 2. The van der Waals surface area contributed by atoms with Gasteiger partial charge in [-0.05, 0) is 36.4 Å². The van der Waals surface area contributed by atoms with Gasteiger partial charge in [-0.1, -0.05) is 11.3 Å². The largest absolute Gasteiger partial charge is 0.382 e. The molecule has 4 rings (SSSR count). The van der Waals surface area contributed by atoms with E-state index < -0.39 is 21.7 Å². The molecule has 30 heavy (non-hydrogen) atoms. The summed E-state index contributed by atoms with van der Waals surface area (Å²) in [6, 6.07) is 9.16. The summed E-state index contributed by atoms with van der Waals surface area (Å²) in [6.07, 6.45) is 0. The van der Waals surface area contributed by atoms with Crippen LogP contribution in [0.3, 0.4) is 0 Å². The Morgan fingerprint density at radius 2 is 1.77 bits per heavy atom. The van der Waals surface area contributed by atoms with E-state index in [-0.39, 0.29) is 16.3 Å². The Morgan fingerprint density at radius 3 is 2.43 bits per heavy atom. The van der Waals surface area contributed by atoms with E-state index in [1.54, 1.807) is 17.5 Å². The normalized spacial score (nSPS) is 11.6. The summed E-state index contributed by atoms with van der Waals surface area (Å²) in [4.78, 5) is 9.24. The van der Waals surface area contributed by atoms with Crippen LogP contribution in [0.15, 0.2) is 52.7 Å². The van der Waals surface area contributed by atoms with Crippen molar-refractivity contribution < 1.29 is 17.2 Å². The van der Waals surface area contributed by atoms with E-state index in [4.69, 9.17) is 10.9 Å². The molecule has 2 heterocycles. The maximum absolute atomic E-state index is 14.0. The molecule has 0 saturated heterocycles. The number of sulfonamides is 1. The Balaban J connectivity index is 1.58. The fraction of sp³-hybridized carbons (Fsp3) is 0. The zero-order valence-corrected chi connectivity index (χ0v) is 17.4. The smallest absolute Gasteiger partial charge is 0.238 e. The molecule has 2 aromatic heterocycles. The predicted molar refractivity (Wildman–Crippen MR) is 114 cm³/mol. The van der Waals surface area contributed by atoms with Crippen LogP contribution in [0.2, 0.25) is 0 Å². The molecule has 4 aromatic rings. The molecule has 154 valence electrons. The lowest BCUT2D eigenvalue weighted by atomic mass is 10.1. The van der Waals surface area contributed by atoms with Crippen LogP contribution >= 0.6 is 22.7 Å². The molecule has 7 nitrogen and oxygen atoms in total. The number of rotatable bonds is 5. The Bertz CT molecular complexity index is 1330. The molecular formula is C18H13F2N5O2S3. The highest BCUT2D eigenvalue weighted by Gasteiger charge is 2.17. The maximum atomic E-state index is 14.0. The molecule has 2 aromatic carbocycles. The van der Waals surface area contributed by atoms with Crippen molar-refractivity contribution in [2.75, 3.05) is 11.1 Å². The summed E-state index contributed by atoms with van der Waals surface area (Å²) in [5.41, 5.74) is 7.16. The number of halogens is 2. The number of hydrogen-bond acceptors (Lipinski definition) is 8. The Morgan fingerprint density at radius 1 is 1.03 bits per heavy atom. The van der Waals surface area contributed by atoms with Gasteiger partial charge in [-0.15, -0.1) is 11.3 Å². The van der Waals surface area contributed by atoms with Gasteiger partial charge in [0.1, 0.15) is 27.3 Å². The molecule has 5 N–H and O–H groups in total. The lowest BCUT2D eigenvalue weighted by Crippen LogP contribution is -2.11. The van der Waals surface area contributed by atoms with Crippen molar-refractivity contribution in [2.24, 2.45) is 5.14 Å². The molecule has 0 aliphatic carbocycles. The van der Waals surface area contributed by atoms with E-state index in [9.17, 15) is 17.2 Å². The lowest BCUT2D eigenvalue weighted by Gasteiger charge is -2.03. The van der Waals surface area contributed by atoms with Gasteiger partial charge in [-0.3, -0.25) is 0 Å². The number of hydrogen-bond donors (Lipinski definition) is 3. The molecule has 0 aliphatic rings. The van der Waals surface area contributed by atoms with Gasteiger partial charge in [0.15, 0.2) is 5.13 Å². The van der Waals surface area contributed by atoms with Crippen molar-refractivity contribution >= 4 is 49.3 Å². The average Bonchev–Trinajstić information content (AvgIpc) is 3.28. The second kappa shape index (κ2) is 7.72. The Hall–Kier alpha value is -2.93. The second-order valence-corrected chi connectivity index (χ2v) is 9.51. The van der Waals surface area contributed by atoms with Gasteiger partial charge < -0.3 is 11.1 Å². The van der Waals surface area contributed by atoms with E-state index in [1.807, 2.05) is 0 Å². The molecule has 0 unspecified atom stereocenters. The highest BCUT2D eigenvalue weighted by Crippen LogP contribution is 2.39. The first kappa shape index (κ1) is 20.3. The van der Waals surface area contributed by atoms with Gasteiger partial charge in [-0.2, -0.15) is 0 Å². The molecule has 0 bridgehead atoms. The summed E-state index contributed by atoms with van der Waals surface area (Å²) >= 11 is 2.50. The molecular weight excluding hydrogens is 452 g/mol. The van der Waals surface area contributed by atoms with Crippen LogP contribution in [0.5, 0.6) is 0 Å². The molecule has 0 saturated carbocycles. The van der Waals surface area contributed by atoms with Crippen molar-refractivity contribution in [2.45, 2.75) is 4.90 Å². The summed E-state index contributed by atoms with van der Waals surface area (Å²) in [6.45, 7) is 0. The number of benzene rings is 2. The van der Waals surface area contributed by atoms with E-state index in [1.165, 1.54) is 46.9 Å². The molecule has 0 aliphatic heterocycles. The van der Waals surface area contributed by atoms with Crippen LogP contribution in [0.25, 0.3) is 21.1 Å². The fourth-order valence-electron chi connectivity index (χ4n) is 2.59. The first-order chi connectivity index (χ1) is 14.2. The minimum atomic E-state index is -3.77. The van der Waals surface area contributed by atoms with Gasteiger partial charge in [0, 0.05) is 22.7 Å². The van der Waals surface area contributed by atoms with Crippen LogP contribution in [-0.4, -0.2) is 18.4 Å². The summed E-state index contributed by atoms with van der Waals surface area (Å²) in [5.74, 6) is -1.12. The van der Waals surface area contributed by atoms with Crippen LogP contribution in [-0.2, 0) is 10.0 Å². The van der Waals surface area contributed by atoms with E-state index >= 15 is 0 Å². The number of nitrogens with two attached hydrogens (primary N) is 2. The number of nitrogens with one attached hydrogen (secondary N) is 1. The second-order valence-electron chi connectivity index (χ2n) is 6.09. The zero-order chi connectivity index (χ0) is 21.5. The number of primary sulfonamides is 1. The van der Waals surface area contributed by atoms with E-state index in [0.717, 1.165) is 6.07 Å². The third-order valence-corrected chi connectivity index (χ3v) is 6.90. The topological polar surface area (TPSA) is 124 Å². The molecule has 0 amide bonds. The van der Waals surface area contributed by atoms with Crippen LogP contribution in [0.1, 0.15) is 0 Å². The van der Waals surface area contributed by atoms with Crippen molar-refractivity contribution in [1.29, 1.82) is 0 Å². The highest BCUT2D eigenvalue weighted by molar-refractivity contribution is 7.89. The van der Waals surface area contributed by atoms with Crippen LogP contribution in [0, 0.1) is 11.6 Å². The van der Waals surface area contributed by atoms with E-state index in [2.05, 4.69) is 15.3 Å². The van der Waals surface area contributed by atoms with Crippen molar-refractivity contribution in [3.63, 3.8) is 0 Å². The Labute approximate surface area is 178 Å².